The molecular formula is C10H10FNO4. The summed E-state index contributed by atoms with van der Waals surface area (Å²) in [5.41, 5.74) is -0.0898. The second kappa shape index (κ2) is 5.79. The van der Waals surface area contributed by atoms with Crippen LogP contribution in [-0.2, 0) is 0 Å². The summed E-state index contributed by atoms with van der Waals surface area (Å²) in [4.78, 5) is 20.5. The molecule has 0 saturated heterocycles. The molecule has 0 unspecified atom stereocenters. The number of halogens is 1. The van der Waals surface area contributed by atoms with Gasteiger partial charge in [-0.2, -0.15) is 0 Å². The minimum absolute atomic E-state index is 0.0454. The smallest absolute Gasteiger partial charge is 0.311 e. The average Bonchev–Trinajstić information content (AvgIpc) is 2.29. The number of hydrogen-bond donors (Lipinski definition) is 0. The van der Waals surface area contributed by atoms with Crippen LogP contribution in [-0.4, -0.2) is 24.5 Å². The third kappa shape index (κ3) is 3.01. The summed E-state index contributed by atoms with van der Waals surface area (Å²) >= 11 is 0. The van der Waals surface area contributed by atoms with Gasteiger partial charge in [0.05, 0.1) is 18.2 Å². The summed E-state index contributed by atoms with van der Waals surface area (Å²) in [6, 6.07) is 3.86. The Morgan fingerprint density at radius 2 is 2.25 bits per heavy atom. The normalized spacial score (nSPS) is 9.81. The molecule has 0 spiro atoms. The van der Waals surface area contributed by atoms with E-state index in [1.807, 2.05) is 0 Å². The fourth-order valence-corrected chi connectivity index (χ4v) is 1.11. The predicted molar refractivity (Wildman–Crippen MR) is 54.6 cm³/mol. The number of alkyl halides is 1. The van der Waals surface area contributed by atoms with Crippen LogP contribution in [0.15, 0.2) is 18.2 Å². The third-order valence-electron chi connectivity index (χ3n) is 1.85. The van der Waals surface area contributed by atoms with Crippen molar-refractivity contribution >= 4 is 12.0 Å². The van der Waals surface area contributed by atoms with Crippen LogP contribution in [0.3, 0.4) is 0 Å². The minimum Gasteiger partial charge on any atom is -0.487 e. The lowest BCUT2D eigenvalue weighted by atomic mass is 10.2. The summed E-state index contributed by atoms with van der Waals surface area (Å²) in [6.07, 6.45) is 0.685. The zero-order valence-corrected chi connectivity index (χ0v) is 8.39. The van der Waals surface area contributed by atoms with Crippen LogP contribution in [0.25, 0.3) is 0 Å². The Morgan fingerprint density at radius 1 is 1.50 bits per heavy atom. The molecule has 0 aliphatic rings. The molecule has 0 saturated carbocycles. The first-order chi connectivity index (χ1) is 7.69. The number of aldehydes is 1. The summed E-state index contributed by atoms with van der Waals surface area (Å²) in [5, 5.41) is 10.7. The lowest BCUT2D eigenvalue weighted by Gasteiger charge is -2.05. The van der Waals surface area contributed by atoms with Gasteiger partial charge in [0.2, 0.25) is 0 Å². The van der Waals surface area contributed by atoms with Gasteiger partial charge in [0.25, 0.3) is 0 Å². The topological polar surface area (TPSA) is 69.4 Å². The molecule has 16 heavy (non-hydrogen) atoms. The van der Waals surface area contributed by atoms with Crippen molar-refractivity contribution in [3.63, 3.8) is 0 Å². The van der Waals surface area contributed by atoms with E-state index in [1.165, 1.54) is 12.1 Å². The van der Waals surface area contributed by atoms with E-state index < -0.39 is 11.6 Å². The van der Waals surface area contributed by atoms with Gasteiger partial charge in [-0.25, -0.2) is 0 Å². The van der Waals surface area contributed by atoms with Gasteiger partial charge in [-0.3, -0.25) is 19.3 Å². The van der Waals surface area contributed by atoms with E-state index in [4.69, 9.17) is 4.74 Å². The molecule has 1 aromatic carbocycles. The number of carbonyl (C=O) groups is 1. The van der Waals surface area contributed by atoms with Gasteiger partial charge in [0.15, 0.2) is 5.75 Å². The first-order valence-electron chi connectivity index (χ1n) is 4.61. The number of nitrogens with zero attached hydrogens (tertiary/aromatic N) is 1. The standard InChI is InChI=1S/C10H10FNO4/c11-4-1-5-16-10-3-2-8(7-13)6-9(10)12(14)15/h2-3,6-7H,1,4-5H2. The van der Waals surface area contributed by atoms with E-state index in [9.17, 15) is 19.3 Å². The van der Waals surface area contributed by atoms with Gasteiger partial charge >= 0.3 is 5.69 Å². The second-order valence-electron chi connectivity index (χ2n) is 2.99. The highest BCUT2D eigenvalue weighted by molar-refractivity contribution is 5.77. The maximum Gasteiger partial charge on any atom is 0.311 e. The van der Waals surface area contributed by atoms with Crippen molar-refractivity contribution in [3.05, 3.63) is 33.9 Å². The second-order valence-corrected chi connectivity index (χ2v) is 2.99. The predicted octanol–water partition coefficient (Wildman–Crippen LogP) is 2.15. The monoisotopic (exact) mass is 227 g/mol. The zero-order chi connectivity index (χ0) is 12.0. The molecule has 0 heterocycles. The van der Waals surface area contributed by atoms with Crippen molar-refractivity contribution in [2.45, 2.75) is 6.42 Å². The van der Waals surface area contributed by atoms with E-state index in [0.717, 1.165) is 6.07 Å². The zero-order valence-electron chi connectivity index (χ0n) is 8.39. The summed E-state index contributed by atoms with van der Waals surface area (Å²) < 4.78 is 16.9. The highest BCUT2D eigenvalue weighted by Gasteiger charge is 2.15. The number of benzene rings is 1. The van der Waals surface area contributed by atoms with E-state index in [2.05, 4.69) is 0 Å². The molecule has 1 rings (SSSR count). The van der Waals surface area contributed by atoms with Crippen LogP contribution in [0.5, 0.6) is 5.75 Å². The average molecular weight is 227 g/mol. The Kier molecular flexibility index (Phi) is 4.38. The van der Waals surface area contributed by atoms with Crippen molar-refractivity contribution in [1.29, 1.82) is 0 Å². The maximum absolute atomic E-state index is 11.8. The molecule has 0 radical (unpaired) electrons. The Hall–Kier alpha value is -1.98. The molecular weight excluding hydrogens is 217 g/mol. The fourth-order valence-electron chi connectivity index (χ4n) is 1.11. The molecule has 0 fully saturated rings. The van der Waals surface area contributed by atoms with Gasteiger partial charge in [-0.1, -0.05) is 0 Å². The summed E-state index contributed by atoms with van der Waals surface area (Å²) in [5.74, 6) is 0.0454. The van der Waals surface area contributed by atoms with E-state index in [0.29, 0.717) is 6.29 Å². The quantitative estimate of drug-likeness (QED) is 0.323. The molecule has 0 atom stereocenters. The third-order valence-corrected chi connectivity index (χ3v) is 1.85. The fraction of sp³-hybridized carbons (Fsp3) is 0.300. The number of hydrogen-bond acceptors (Lipinski definition) is 4. The van der Waals surface area contributed by atoms with Gasteiger partial charge in [0, 0.05) is 18.1 Å². The number of ether oxygens (including phenoxy) is 1. The summed E-state index contributed by atoms with van der Waals surface area (Å²) in [7, 11) is 0. The molecule has 1 aromatic rings. The molecule has 5 nitrogen and oxygen atoms in total. The number of carbonyl (C=O) groups excluding carboxylic acids is 1. The van der Waals surface area contributed by atoms with Crippen molar-refractivity contribution in [1.82, 2.24) is 0 Å². The van der Waals surface area contributed by atoms with Crippen LogP contribution in [0.2, 0.25) is 0 Å². The Morgan fingerprint density at radius 3 is 2.81 bits per heavy atom. The molecule has 0 aliphatic heterocycles. The SMILES string of the molecule is O=Cc1ccc(OCCCF)c([N+](=O)[O-])c1. The molecule has 0 bridgehead atoms. The number of rotatable bonds is 6. The number of nitro benzene ring substituents is 1. The molecule has 0 aliphatic carbocycles. The number of nitro groups is 1. The first kappa shape index (κ1) is 12.1. The highest BCUT2D eigenvalue weighted by atomic mass is 19.1. The van der Waals surface area contributed by atoms with Crippen LogP contribution in [0, 0.1) is 10.1 Å². The Bertz CT molecular complexity index is 394. The Balaban J connectivity index is 2.89. The highest BCUT2D eigenvalue weighted by Crippen LogP contribution is 2.27. The van der Waals surface area contributed by atoms with Crippen molar-refractivity contribution in [3.8, 4) is 5.75 Å². The molecule has 6 heteroatoms. The van der Waals surface area contributed by atoms with Crippen molar-refractivity contribution in [2.75, 3.05) is 13.3 Å². The molecule has 86 valence electrons. The lowest BCUT2D eigenvalue weighted by molar-refractivity contribution is -0.385. The molecule has 0 aromatic heterocycles. The van der Waals surface area contributed by atoms with Crippen molar-refractivity contribution in [2.24, 2.45) is 0 Å². The van der Waals surface area contributed by atoms with Gasteiger partial charge in [-0.15, -0.1) is 0 Å². The largest absolute Gasteiger partial charge is 0.487 e. The molecule has 0 N–H and O–H groups in total. The first-order valence-corrected chi connectivity index (χ1v) is 4.61. The van der Waals surface area contributed by atoms with Crippen LogP contribution >= 0.6 is 0 Å². The van der Waals surface area contributed by atoms with Gasteiger partial charge in [-0.05, 0) is 12.1 Å². The van der Waals surface area contributed by atoms with E-state index in [-0.39, 0.29) is 30.0 Å². The van der Waals surface area contributed by atoms with Crippen LogP contribution in [0.1, 0.15) is 16.8 Å². The maximum atomic E-state index is 11.8. The minimum atomic E-state index is -0.641. The Labute approximate surface area is 91.0 Å². The van der Waals surface area contributed by atoms with E-state index in [1.54, 1.807) is 0 Å². The van der Waals surface area contributed by atoms with Crippen LogP contribution < -0.4 is 4.74 Å². The lowest BCUT2D eigenvalue weighted by Crippen LogP contribution is -2.01. The molecule has 0 amide bonds. The van der Waals surface area contributed by atoms with E-state index >= 15 is 0 Å². The van der Waals surface area contributed by atoms with Crippen LogP contribution in [0.4, 0.5) is 10.1 Å². The van der Waals surface area contributed by atoms with Gasteiger partial charge in [0.1, 0.15) is 6.29 Å². The van der Waals surface area contributed by atoms with Crippen molar-refractivity contribution < 1.29 is 18.8 Å². The summed E-state index contributed by atoms with van der Waals surface area (Å²) in [6.45, 7) is -0.474. The van der Waals surface area contributed by atoms with Gasteiger partial charge < -0.3 is 4.74 Å².